The number of aromatic nitrogens is 2. The lowest BCUT2D eigenvalue weighted by Gasteiger charge is -1.99. The van der Waals surface area contributed by atoms with Crippen molar-refractivity contribution in [2.24, 2.45) is 0 Å². The number of carbonyl (C=O) groups is 1. The summed E-state index contributed by atoms with van der Waals surface area (Å²) in [4.78, 5) is 11.2. The van der Waals surface area contributed by atoms with E-state index in [1.54, 1.807) is 24.4 Å². The van der Waals surface area contributed by atoms with E-state index in [9.17, 15) is 4.79 Å². The number of anilines is 1. The maximum Gasteiger partial charge on any atom is 0.434 e. The van der Waals surface area contributed by atoms with Crippen LogP contribution in [-0.2, 0) is 4.74 Å². The van der Waals surface area contributed by atoms with E-state index in [1.165, 1.54) is 11.8 Å². The van der Waals surface area contributed by atoms with Crippen LogP contribution in [0.15, 0.2) is 24.4 Å². The number of fused-ring (bicyclic) bond motifs is 1. The Morgan fingerprint density at radius 3 is 3.07 bits per heavy atom. The molecular formula is C9H9N3O2. The van der Waals surface area contributed by atoms with Gasteiger partial charge in [-0.2, -0.15) is 9.78 Å². The van der Waals surface area contributed by atoms with Crippen molar-refractivity contribution < 1.29 is 9.53 Å². The molecule has 0 saturated carbocycles. The molecule has 1 heterocycles. The SMILES string of the molecule is COC(=O)n1ncc2ccc(N)cc21. The quantitative estimate of drug-likeness (QED) is 0.636. The van der Waals surface area contributed by atoms with Gasteiger partial charge >= 0.3 is 6.09 Å². The van der Waals surface area contributed by atoms with Gasteiger partial charge in [0.05, 0.1) is 18.8 Å². The summed E-state index contributed by atoms with van der Waals surface area (Å²) in [6.07, 6.45) is 1.07. The first-order valence-corrected chi connectivity index (χ1v) is 4.04. The fraction of sp³-hybridized carbons (Fsp3) is 0.111. The fourth-order valence-electron chi connectivity index (χ4n) is 1.27. The first kappa shape index (κ1) is 8.55. The van der Waals surface area contributed by atoms with Crippen molar-refractivity contribution in [2.45, 2.75) is 0 Å². The summed E-state index contributed by atoms with van der Waals surface area (Å²) >= 11 is 0. The van der Waals surface area contributed by atoms with E-state index >= 15 is 0 Å². The van der Waals surface area contributed by atoms with Gasteiger partial charge in [0.2, 0.25) is 0 Å². The van der Waals surface area contributed by atoms with Gasteiger partial charge in [0, 0.05) is 11.1 Å². The molecule has 5 heteroatoms. The van der Waals surface area contributed by atoms with E-state index < -0.39 is 6.09 Å². The van der Waals surface area contributed by atoms with E-state index in [-0.39, 0.29) is 0 Å². The number of methoxy groups -OCH3 is 1. The molecule has 2 N–H and O–H groups in total. The third kappa shape index (κ3) is 1.19. The minimum absolute atomic E-state index is 0.523. The molecule has 0 saturated heterocycles. The number of nitrogens with two attached hydrogens (primary N) is 1. The van der Waals surface area contributed by atoms with Crippen LogP contribution in [0.4, 0.5) is 10.5 Å². The predicted molar refractivity (Wildman–Crippen MR) is 51.9 cm³/mol. The molecule has 0 aliphatic carbocycles. The van der Waals surface area contributed by atoms with Gasteiger partial charge in [-0.3, -0.25) is 0 Å². The van der Waals surface area contributed by atoms with Gasteiger partial charge in [0.1, 0.15) is 0 Å². The van der Waals surface area contributed by atoms with Gasteiger partial charge in [-0.25, -0.2) is 4.79 Å². The van der Waals surface area contributed by atoms with E-state index in [0.29, 0.717) is 11.2 Å². The number of benzene rings is 1. The highest BCUT2D eigenvalue weighted by Gasteiger charge is 2.09. The van der Waals surface area contributed by atoms with Crippen LogP contribution in [0, 0.1) is 0 Å². The molecule has 0 spiro atoms. The van der Waals surface area contributed by atoms with Crippen molar-refractivity contribution in [2.75, 3.05) is 12.8 Å². The van der Waals surface area contributed by atoms with Crippen molar-refractivity contribution >= 4 is 22.7 Å². The summed E-state index contributed by atoms with van der Waals surface area (Å²) in [6.45, 7) is 0. The van der Waals surface area contributed by atoms with Crippen molar-refractivity contribution in [1.29, 1.82) is 0 Å². The summed E-state index contributed by atoms with van der Waals surface area (Å²) in [5, 5.41) is 4.75. The van der Waals surface area contributed by atoms with Gasteiger partial charge in [0.25, 0.3) is 0 Å². The van der Waals surface area contributed by atoms with E-state index in [1.807, 2.05) is 0 Å². The molecular weight excluding hydrogens is 182 g/mol. The third-order valence-corrected chi connectivity index (χ3v) is 1.94. The van der Waals surface area contributed by atoms with Crippen molar-refractivity contribution in [3.05, 3.63) is 24.4 Å². The molecule has 1 aromatic carbocycles. The van der Waals surface area contributed by atoms with Gasteiger partial charge < -0.3 is 10.5 Å². The second kappa shape index (κ2) is 3.02. The molecule has 2 aromatic rings. The predicted octanol–water partition coefficient (Wildman–Crippen LogP) is 1.23. The largest absolute Gasteiger partial charge is 0.451 e. The lowest BCUT2D eigenvalue weighted by molar-refractivity contribution is 0.170. The lowest BCUT2D eigenvalue weighted by Crippen LogP contribution is -2.12. The van der Waals surface area contributed by atoms with Crippen LogP contribution in [0.1, 0.15) is 0 Å². The zero-order chi connectivity index (χ0) is 10.1. The molecule has 1 aromatic heterocycles. The molecule has 0 amide bonds. The summed E-state index contributed by atoms with van der Waals surface area (Å²) in [7, 11) is 1.31. The van der Waals surface area contributed by atoms with Crippen LogP contribution in [-0.4, -0.2) is 23.0 Å². The molecule has 0 fully saturated rings. The highest BCUT2D eigenvalue weighted by Crippen LogP contribution is 2.16. The van der Waals surface area contributed by atoms with E-state index in [2.05, 4.69) is 9.84 Å². The van der Waals surface area contributed by atoms with Gasteiger partial charge in [0.15, 0.2) is 0 Å². The average molecular weight is 191 g/mol. The summed E-state index contributed by atoms with van der Waals surface area (Å²) in [6, 6.07) is 5.24. The molecule has 0 aliphatic heterocycles. The number of ether oxygens (including phenoxy) is 1. The molecule has 0 bridgehead atoms. The smallest absolute Gasteiger partial charge is 0.434 e. The topological polar surface area (TPSA) is 70.1 Å². The minimum Gasteiger partial charge on any atom is -0.451 e. The maximum atomic E-state index is 11.2. The summed E-state index contributed by atoms with van der Waals surface area (Å²) in [5.41, 5.74) is 6.84. The summed E-state index contributed by atoms with van der Waals surface area (Å²) < 4.78 is 5.74. The molecule has 72 valence electrons. The Labute approximate surface area is 80.1 Å². The Kier molecular flexibility index (Phi) is 1.85. The number of carbonyl (C=O) groups excluding carboxylic acids is 1. The minimum atomic E-state index is -0.523. The van der Waals surface area contributed by atoms with Gasteiger partial charge in [-0.15, -0.1) is 0 Å². The monoisotopic (exact) mass is 191 g/mol. The number of nitrogens with zero attached hydrogens (tertiary/aromatic N) is 2. The van der Waals surface area contributed by atoms with E-state index in [4.69, 9.17) is 5.73 Å². The second-order valence-corrected chi connectivity index (χ2v) is 2.84. The van der Waals surface area contributed by atoms with Crippen molar-refractivity contribution in [1.82, 2.24) is 9.78 Å². The first-order valence-electron chi connectivity index (χ1n) is 4.04. The Bertz CT molecular complexity index is 490. The lowest BCUT2D eigenvalue weighted by atomic mass is 10.2. The van der Waals surface area contributed by atoms with E-state index in [0.717, 1.165) is 5.39 Å². The van der Waals surface area contributed by atoms with Crippen LogP contribution < -0.4 is 5.73 Å². The van der Waals surface area contributed by atoms with Crippen LogP contribution >= 0.6 is 0 Å². The summed E-state index contributed by atoms with van der Waals surface area (Å²) in [5.74, 6) is 0. The third-order valence-electron chi connectivity index (χ3n) is 1.94. The van der Waals surface area contributed by atoms with Crippen molar-refractivity contribution in [3.63, 3.8) is 0 Å². The fourth-order valence-corrected chi connectivity index (χ4v) is 1.27. The molecule has 0 unspecified atom stereocenters. The highest BCUT2D eigenvalue weighted by molar-refractivity contribution is 5.89. The Morgan fingerprint density at radius 2 is 2.36 bits per heavy atom. The normalized spacial score (nSPS) is 10.4. The first-order chi connectivity index (χ1) is 6.72. The molecule has 0 radical (unpaired) electrons. The van der Waals surface area contributed by atoms with Crippen LogP contribution in [0.2, 0.25) is 0 Å². The van der Waals surface area contributed by atoms with Gasteiger partial charge in [-0.1, -0.05) is 0 Å². The Balaban J connectivity index is 2.67. The molecule has 2 rings (SSSR count). The molecule has 5 nitrogen and oxygen atoms in total. The number of hydrogen-bond donors (Lipinski definition) is 1. The second-order valence-electron chi connectivity index (χ2n) is 2.84. The number of nitrogen functional groups attached to an aromatic ring is 1. The zero-order valence-electron chi connectivity index (χ0n) is 7.60. The average Bonchev–Trinajstić information content (AvgIpc) is 2.59. The Morgan fingerprint density at radius 1 is 1.57 bits per heavy atom. The van der Waals surface area contributed by atoms with Gasteiger partial charge in [-0.05, 0) is 18.2 Å². The molecule has 0 aliphatic rings. The Hall–Kier alpha value is -2.04. The highest BCUT2D eigenvalue weighted by atomic mass is 16.5. The van der Waals surface area contributed by atoms with Crippen LogP contribution in [0.25, 0.3) is 10.9 Å². The molecule has 0 atom stereocenters. The zero-order valence-corrected chi connectivity index (χ0v) is 7.60. The van der Waals surface area contributed by atoms with Crippen LogP contribution in [0.5, 0.6) is 0 Å². The van der Waals surface area contributed by atoms with Crippen molar-refractivity contribution in [3.8, 4) is 0 Å². The number of rotatable bonds is 0. The maximum absolute atomic E-state index is 11.2. The standard InChI is InChI=1S/C9H9N3O2/c1-14-9(13)12-8-4-7(10)3-2-6(8)5-11-12/h2-5H,10H2,1H3. The number of hydrogen-bond acceptors (Lipinski definition) is 4. The van der Waals surface area contributed by atoms with Crippen LogP contribution in [0.3, 0.4) is 0 Å². The molecule has 14 heavy (non-hydrogen) atoms.